The van der Waals surface area contributed by atoms with Crippen molar-refractivity contribution in [3.05, 3.63) is 71.3 Å². The number of hydrogen-bond acceptors (Lipinski definition) is 4. The molecule has 0 bridgehead atoms. The highest BCUT2D eigenvalue weighted by Crippen LogP contribution is 2.37. The number of halogens is 2. The summed E-state index contributed by atoms with van der Waals surface area (Å²) < 4.78 is 27.1. The van der Waals surface area contributed by atoms with E-state index in [-0.39, 0.29) is 52.8 Å². The molecule has 5 atom stereocenters. The Kier molecular flexibility index (Phi) is 7.38. The van der Waals surface area contributed by atoms with E-state index in [0.717, 1.165) is 12.8 Å². The minimum absolute atomic E-state index is 0.0320. The van der Waals surface area contributed by atoms with E-state index in [0.29, 0.717) is 24.0 Å². The Bertz CT molecular complexity index is 1000. The molecule has 1 heterocycles. The van der Waals surface area contributed by atoms with Crippen LogP contribution in [0.3, 0.4) is 0 Å². The van der Waals surface area contributed by atoms with Crippen molar-refractivity contribution in [3.8, 4) is 0 Å². The van der Waals surface area contributed by atoms with Crippen LogP contribution >= 0.6 is 0 Å². The molecule has 2 aromatic carbocycles. The third-order valence-electron chi connectivity index (χ3n) is 7.28. The summed E-state index contributed by atoms with van der Waals surface area (Å²) in [6.07, 6.45) is 2.94. The average Bonchev–Trinajstić information content (AvgIpc) is 3.37. The van der Waals surface area contributed by atoms with Crippen LogP contribution < -0.4 is 16.4 Å². The first kappa shape index (κ1) is 25.5. The van der Waals surface area contributed by atoms with Crippen LogP contribution in [0, 0.1) is 23.0 Å². The Morgan fingerprint density at radius 1 is 1.00 bits per heavy atom. The predicted octanol–water partition coefficient (Wildman–Crippen LogP) is 4.05. The lowest BCUT2D eigenvalue weighted by Crippen LogP contribution is -2.46. The second-order valence-electron chi connectivity index (χ2n) is 11.2. The Hall–Kier alpha value is -2.64. The number of nitrogens with one attached hydrogen (secondary N) is 2. The van der Waals surface area contributed by atoms with Gasteiger partial charge < -0.3 is 16.4 Å². The van der Waals surface area contributed by atoms with Gasteiger partial charge in [-0.05, 0) is 72.4 Å². The highest BCUT2D eigenvalue weighted by atomic mass is 19.1. The topological polar surface area (TPSA) is 84.2 Å². The van der Waals surface area contributed by atoms with E-state index >= 15 is 0 Å². The number of amides is 1. The second-order valence-corrected chi connectivity index (χ2v) is 11.2. The zero-order valence-electron chi connectivity index (χ0n) is 20.6. The van der Waals surface area contributed by atoms with Gasteiger partial charge in [0.2, 0.25) is 5.91 Å². The molecule has 4 N–H and O–H groups in total. The van der Waals surface area contributed by atoms with Crippen molar-refractivity contribution in [1.29, 1.82) is 0 Å². The molecule has 1 amide bonds. The van der Waals surface area contributed by atoms with Crippen LogP contribution in [0.1, 0.15) is 63.5 Å². The van der Waals surface area contributed by atoms with Gasteiger partial charge in [-0.25, -0.2) is 8.78 Å². The van der Waals surface area contributed by atoms with Gasteiger partial charge in [-0.3, -0.25) is 9.59 Å². The number of carbonyl (C=O) groups excluding carboxylic acids is 2. The minimum atomic E-state index is -0.692. The number of hydrogen-bond donors (Lipinski definition) is 3. The number of nitrogens with two attached hydrogens (primary N) is 1. The molecule has 0 spiro atoms. The zero-order valence-corrected chi connectivity index (χ0v) is 20.6. The molecule has 188 valence electrons. The number of ketones is 1. The van der Waals surface area contributed by atoms with Crippen molar-refractivity contribution in [2.45, 2.75) is 76.5 Å². The molecule has 1 aliphatic heterocycles. The Morgan fingerprint density at radius 3 is 2.06 bits per heavy atom. The highest BCUT2D eigenvalue weighted by molar-refractivity contribution is 5.89. The van der Waals surface area contributed by atoms with Crippen molar-refractivity contribution in [1.82, 2.24) is 10.6 Å². The Labute approximate surface area is 205 Å². The lowest BCUT2D eigenvalue weighted by molar-refractivity contribution is -0.122. The summed E-state index contributed by atoms with van der Waals surface area (Å²) in [5.41, 5.74) is 7.46. The Morgan fingerprint density at radius 2 is 1.54 bits per heavy atom. The first-order valence-corrected chi connectivity index (χ1v) is 12.4. The quantitative estimate of drug-likeness (QED) is 0.555. The molecule has 0 radical (unpaired) electrons. The molecule has 0 aromatic heterocycles. The van der Waals surface area contributed by atoms with Crippen LogP contribution in [0.2, 0.25) is 0 Å². The van der Waals surface area contributed by atoms with Gasteiger partial charge in [0, 0.05) is 12.1 Å². The van der Waals surface area contributed by atoms with E-state index in [1.54, 1.807) is 24.3 Å². The third-order valence-corrected chi connectivity index (χ3v) is 7.28. The molecule has 2 aromatic rings. The fourth-order valence-electron chi connectivity index (χ4n) is 5.67. The largest absolute Gasteiger partial charge is 0.352 e. The summed E-state index contributed by atoms with van der Waals surface area (Å²) in [5.74, 6) is -1.51. The molecule has 4 rings (SSSR count). The monoisotopic (exact) mass is 483 g/mol. The molecule has 1 aliphatic carbocycles. The molecule has 5 nitrogen and oxygen atoms in total. The summed E-state index contributed by atoms with van der Waals surface area (Å²) in [4.78, 5) is 26.5. The highest BCUT2D eigenvalue weighted by Gasteiger charge is 2.47. The summed E-state index contributed by atoms with van der Waals surface area (Å²) in [7, 11) is 0. The maximum atomic E-state index is 13.5. The molecule has 2 aliphatic rings. The van der Waals surface area contributed by atoms with Crippen LogP contribution in [-0.2, 0) is 9.59 Å². The third kappa shape index (κ3) is 5.96. The summed E-state index contributed by atoms with van der Waals surface area (Å²) >= 11 is 0. The summed E-state index contributed by atoms with van der Waals surface area (Å²) in [6, 6.07) is 10.9. The molecular weight excluding hydrogens is 448 g/mol. The van der Waals surface area contributed by atoms with E-state index in [4.69, 9.17) is 5.73 Å². The lowest BCUT2D eigenvalue weighted by atomic mass is 9.84. The van der Waals surface area contributed by atoms with Crippen molar-refractivity contribution in [2.24, 2.45) is 17.1 Å². The van der Waals surface area contributed by atoms with E-state index in [9.17, 15) is 18.4 Å². The summed E-state index contributed by atoms with van der Waals surface area (Å²) in [5, 5.41) is 6.66. The first-order valence-electron chi connectivity index (χ1n) is 12.4. The van der Waals surface area contributed by atoms with E-state index in [2.05, 4.69) is 31.4 Å². The van der Waals surface area contributed by atoms with Gasteiger partial charge in [0.15, 0.2) is 5.78 Å². The molecular formula is C28H35F2N3O2. The van der Waals surface area contributed by atoms with Crippen LogP contribution in [0.4, 0.5) is 8.78 Å². The Balaban J connectivity index is 1.47. The number of benzene rings is 2. The van der Waals surface area contributed by atoms with Crippen molar-refractivity contribution in [2.75, 3.05) is 0 Å². The van der Waals surface area contributed by atoms with E-state index in [1.807, 2.05) is 0 Å². The molecule has 35 heavy (non-hydrogen) atoms. The predicted molar refractivity (Wildman–Crippen MR) is 132 cm³/mol. The number of Topliss-reactive ketones (excluding diaryl/α,β-unsaturated/α-hetero) is 1. The smallest absolute Gasteiger partial charge is 0.232 e. The minimum Gasteiger partial charge on any atom is -0.352 e. The molecule has 1 unspecified atom stereocenters. The van der Waals surface area contributed by atoms with Crippen LogP contribution in [0.5, 0.6) is 0 Å². The van der Waals surface area contributed by atoms with Gasteiger partial charge in [0.1, 0.15) is 11.6 Å². The van der Waals surface area contributed by atoms with E-state index in [1.165, 1.54) is 24.3 Å². The standard InChI is InChI=1S/C28H35F2N3O2/c1-28(2,3)15-21(31)26(34)24-14-20-22(32-24)12-13-23(20)33-27(35)25(16-4-8-18(29)9-5-16)17-6-10-19(30)11-7-17/h4-11,20-25,32H,12-15,31H2,1-3H3,(H,33,35)/t20-,21+,22+,23+,24?/m1/s1. The van der Waals surface area contributed by atoms with Crippen molar-refractivity contribution < 1.29 is 18.4 Å². The normalized spacial score (nSPS) is 24.9. The van der Waals surface area contributed by atoms with Gasteiger partial charge in [0.05, 0.1) is 18.0 Å². The zero-order chi connectivity index (χ0) is 25.3. The van der Waals surface area contributed by atoms with Crippen molar-refractivity contribution >= 4 is 11.7 Å². The second kappa shape index (κ2) is 10.2. The van der Waals surface area contributed by atoms with Crippen molar-refractivity contribution in [3.63, 3.8) is 0 Å². The fraction of sp³-hybridized carbons (Fsp3) is 0.500. The summed E-state index contributed by atoms with van der Waals surface area (Å²) in [6.45, 7) is 6.21. The van der Waals surface area contributed by atoms with Crippen LogP contribution in [0.25, 0.3) is 0 Å². The van der Waals surface area contributed by atoms with Gasteiger partial charge in [0.25, 0.3) is 0 Å². The van der Waals surface area contributed by atoms with Gasteiger partial charge in [-0.15, -0.1) is 0 Å². The molecule has 2 fully saturated rings. The van der Waals surface area contributed by atoms with Crippen LogP contribution in [0.15, 0.2) is 48.5 Å². The SMILES string of the molecule is CC(C)(C)C[C@H](N)C(=O)C1C[C@H]2[C@@H](NC(=O)C(c3ccc(F)cc3)c3ccc(F)cc3)CC[C@@H]2N1. The van der Waals surface area contributed by atoms with E-state index < -0.39 is 12.0 Å². The van der Waals surface area contributed by atoms with Crippen LogP contribution in [-0.4, -0.2) is 35.9 Å². The van der Waals surface area contributed by atoms with Gasteiger partial charge >= 0.3 is 0 Å². The lowest BCUT2D eigenvalue weighted by Gasteiger charge is -2.25. The maximum absolute atomic E-state index is 13.5. The molecule has 7 heteroatoms. The number of fused-ring (bicyclic) bond motifs is 1. The molecule has 1 saturated heterocycles. The van der Waals surface area contributed by atoms with Gasteiger partial charge in [-0.2, -0.15) is 0 Å². The number of carbonyl (C=O) groups is 2. The van der Waals surface area contributed by atoms with Gasteiger partial charge in [-0.1, -0.05) is 45.0 Å². The first-order chi connectivity index (χ1) is 16.5. The number of rotatable bonds is 7. The fourth-order valence-corrected chi connectivity index (χ4v) is 5.67. The average molecular weight is 484 g/mol. The maximum Gasteiger partial charge on any atom is 0.232 e. The molecule has 1 saturated carbocycles.